The van der Waals surface area contributed by atoms with Gasteiger partial charge in [-0.3, -0.25) is 14.3 Å². The predicted octanol–water partition coefficient (Wildman–Crippen LogP) is 1.12. The first kappa shape index (κ1) is 15.6. The molecule has 3 rings (SSSR count). The third-order valence-corrected chi connectivity index (χ3v) is 4.25. The van der Waals surface area contributed by atoms with E-state index in [4.69, 9.17) is 0 Å². The van der Waals surface area contributed by atoms with Gasteiger partial charge in [-0.25, -0.2) is 9.37 Å². The van der Waals surface area contributed by atoms with Gasteiger partial charge in [0.1, 0.15) is 0 Å². The number of pyridine rings is 1. The van der Waals surface area contributed by atoms with E-state index in [1.165, 1.54) is 22.9 Å². The Kier molecular flexibility index (Phi) is 4.12. The molecule has 1 aliphatic rings. The average Bonchev–Trinajstić information content (AvgIpc) is 2.51. The molecule has 0 radical (unpaired) electrons. The summed E-state index contributed by atoms with van der Waals surface area (Å²) in [5, 5.41) is 0. The summed E-state index contributed by atoms with van der Waals surface area (Å²) in [5.41, 5.74) is 0.433. The van der Waals surface area contributed by atoms with Gasteiger partial charge in [-0.05, 0) is 20.0 Å². The molecule has 2 aromatic heterocycles. The molecule has 0 aromatic carbocycles. The summed E-state index contributed by atoms with van der Waals surface area (Å²) in [6.07, 6.45) is 2.63. The van der Waals surface area contributed by atoms with Crippen LogP contribution in [0.15, 0.2) is 29.3 Å². The van der Waals surface area contributed by atoms with Crippen molar-refractivity contribution in [3.63, 3.8) is 0 Å². The maximum Gasteiger partial charge on any atom is 0.255 e. The van der Waals surface area contributed by atoms with Crippen LogP contribution in [0.1, 0.15) is 6.92 Å². The predicted molar refractivity (Wildman–Crippen MR) is 87.0 cm³/mol. The minimum absolute atomic E-state index is 0.202. The van der Waals surface area contributed by atoms with Gasteiger partial charge < -0.3 is 9.80 Å². The summed E-state index contributed by atoms with van der Waals surface area (Å²) in [6, 6.07) is 3.13. The van der Waals surface area contributed by atoms with Gasteiger partial charge >= 0.3 is 0 Å². The van der Waals surface area contributed by atoms with Gasteiger partial charge in [-0.15, -0.1) is 0 Å². The highest BCUT2D eigenvalue weighted by Gasteiger charge is 2.25. The highest BCUT2D eigenvalue weighted by atomic mass is 19.1. The lowest BCUT2D eigenvalue weighted by molar-refractivity contribution is 0.272. The summed E-state index contributed by atoms with van der Waals surface area (Å²) < 4.78 is 15.5. The van der Waals surface area contributed by atoms with Crippen molar-refractivity contribution < 1.29 is 4.39 Å². The normalized spacial score (nSPS) is 19.1. The molecule has 1 atom stereocenters. The van der Waals surface area contributed by atoms with Gasteiger partial charge in [0.2, 0.25) is 5.95 Å². The van der Waals surface area contributed by atoms with Crippen LogP contribution in [0, 0.1) is 5.82 Å². The van der Waals surface area contributed by atoms with E-state index in [-0.39, 0.29) is 11.6 Å². The maximum absolute atomic E-state index is 14.0. The Morgan fingerprint density at radius 3 is 2.78 bits per heavy atom. The zero-order chi connectivity index (χ0) is 16.6. The van der Waals surface area contributed by atoms with Crippen molar-refractivity contribution in [2.24, 2.45) is 7.05 Å². The van der Waals surface area contributed by atoms with Gasteiger partial charge in [0.25, 0.3) is 5.56 Å². The highest BCUT2D eigenvalue weighted by molar-refractivity contribution is 5.60. The Bertz CT molecular complexity index is 775. The minimum atomic E-state index is -0.481. The Labute approximate surface area is 134 Å². The van der Waals surface area contributed by atoms with E-state index in [2.05, 4.69) is 33.7 Å². The van der Waals surface area contributed by atoms with Gasteiger partial charge in [0, 0.05) is 50.6 Å². The SMILES string of the molecule is C[C@H]1CN(C)CCN1c1nc(-c2ccncc2F)cc(=O)n1C. The summed E-state index contributed by atoms with van der Waals surface area (Å²) in [7, 11) is 3.77. The number of rotatable bonds is 2. The first-order valence-corrected chi connectivity index (χ1v) is 7.60. The van der Waals surface area contributed by atoms with Crippen molar-refractivity contribution in [2.75, 3.05) is 31.6 Å². The van der Waals surface area contributed by atoms with Crippen LogP contribution in [0.4, 0.5) is 10.3 Å². The van der Waals surface area contributed by atoms with Crippen LogP contribution in [0.2, 0.25) is 0 Å². The zero-order valence-electron chi connectivity index (χ0n) is 13.5. The second-order valence-corrected chi connectivity index (χ2v) is 6.00. The van der Waals surface area contributed by atoms with Crippen LogP contribution in [0.3, 0.4) is 0 Å². The highest BCUT2D eigenvalue weighted by Crippen LogP contribution is 2.22. The van der Waals surface area contributed by atoms with E-state index in [0.717, 1.165) is 25.8 Å². The van der Waals surface area contributed by atoms with Crippen molar-refractivity contribution in [1.29, 1.82) is 0 Å². The number of nitrogens with zero attached hydrogens (tertiary/aromatic N) is 5. The van der Waals surface area contributed by atoms with Crippen LogP contribution in [0.5, 0.6) is 0 Å². The van der Waals surface area contributed by atoms with Crippen molar-refractivity contribution in [1.82, 2.24) is 19.4 Å². The Hall–Kier alpha value is -2.28. The molecule has 2 aromatic rings. The molecule has 0 saturated carbocycles. The van der Waals surface area contributed by atoms with E-state index in [1.54, 1.807) is 7.05 Å². The largest absolute Gasteiger partial charge is 0.337 e. The van der Waals surface area contributed by atoms with Crippen LogP contribution in [-0.4, -0.2) is 52.2 Å². The molecule has 0 N–H and O–H groups in total. The molecule has 0 unspecified atom stereocenters. The van der Waals surface area contributed by atoms with E-state index >= 15 is 0 Å². The zero-order valence-corrected chi connectivity index (χ0v) is 13.5. The molecule has 6 nitrogen and oxygen atoms in total. The second kappa shape index (κ2) is 6.08. The molecule has 0 aliphatic carbocycles. The molecular formula is C16H20FN5O. The molecule has 1 aliphatic heterocycles. The summed E-state index contributed by atoms with van der Waals surface area (Å²) in [6.45, 7) is 4.67. The third kappa shape index (κ3) is 2.96. The molecule has 23 heavy (non-hydrogen) atoms. The Morgan fingerprint density at radius 2 is 2.09 bits per heavy atom. The molecule has 7 heteroatoms. The number of hydrogen-bond donors (Lipinski definition) is 0. The van der Waals surface area contributed by atoms with Crippen LogP contribution in [0.25, 0.3) is 11.3 Å². The molecule has 1 saturated heterocycles. The molecule has 122 valence electrons. The number of halogens is 1. The van der Waals surface area contributed by atoms with E-state index < -0.39 is 5.82 Å². The molecular weight excluding hydrogens is 297 g/mol. The third-order valence-electron chi connectivity index (χ3n) is 4.25. The summed E-state index contributed by atoms with van der Waals surface area (Å²) >= 11 is 0. The van der Waals surface area contributed by atoms with Crippen LogP contribution >= 0.6 is 0 Å². The monoisotopic (exact) mass is 317 g/mol. The molecule has 3 heterocycles. The number of anilines is 1. The minimum Gasteiger partial charge on any atom is -0.337 e. The Morgan fingerprint density at radius 1 is 1.30 bits per heavy atom. The first-order valence-electron chi connectivity index (χ1n) is 7.60. The first-order chi connectivity index (χ1) is 11.0. The van der Waals surface area contributed by atoms with Gasteiger partial charge in [0.05, 0.1) is 11.9 Å². The molecule has 0 bridgehead atoms. The maximum atomic E-state index is 14.0. The molecule has 0 spiro atoms. The topological polar surface area (TPSA) is 54.3 Å². The number of piperazine rings is 1. The number of hydrogen-bond acceptors (Lipinski definition) is 5. The average molecular weight is 317 g/mol. The smallest absolute Gasteiger partial charge is 0.255 e. The molecule has 1 fully saturated rings. The van der Waals surface area contributed by atoms with Gasteiger partial charge in [-0.2, -0.15) is 0 Å². The van der Waals surface area contributed by atoms with Crippen LogP contribution < -0.4 is 10.5 Å². The number of likely N-dealkylation sites (N-methyl/N-ethyl adjacent to an activating group) is 1. The van der Waals surface area contributed by atoms with Crippen LogP contribution in [-0.2, 0) is 7.05 Å². The quantitative estimate of drug-likeness (QED) is 0.831. The standard InChI is InChI=1S/C16H20FN5O/c1-11-10-20(2)6-7-22(11)16-19-14(8-15(23)21(16)3)12-4-5-18-9-13(12)17/h4-5,8-9,11H,6-7,10H2,1-3H3/t11-/m0/s1. The van der Waals surface area contributed by atoms with E-state index in [0.29, 0.717) is 17.2 Å². The van der Waals surface area contributed by atoms with Crippen molar-refractivity contribution in [2.45, 2.75) is 13.0 Å². The van der Waals surface area contributed by atoms with E-state index in [9.17, 15) is 9.18 Å². The fourth-order valence-corrected chi connectivity index (χ4v) is 2.94. The lowest BCUT2D eigenvalue weighted by atomic mass is 10.2. The summed E-state index contributed by atoms with van der Waals surface area (Å²) in [5.74, 6) is 0.0925. The van der Waals surface area contributed by atoms with Gasteiger partial charge in [0.15, 0.2) is 5.82 Å². The van der Waals surface area contributed by atoms with Crippen molar-refractivity contribution in [3.8, 4) is 11.3 Å². The van der Waals surface area contributed by atoms with Crippen molar-refractivity contribution >= 4 is 5.95 Å². The molecule has 0 amide bonds. The van der Waals surface area contributed by atoms with E-state index in [1.807, 2.05) is 0 Å². The van der Waals surface area contributed by atoms with Crippen molar-refractivity contribution in [3.05, 3.63) is 40.7 Å². The fraction of sp³-hybridized carbons (Fsp3) is 0.438. The summed E-state index contributed by atoms with van der Waals surface area (Å²) in [4.78, 5) is 25.0. The lowest BCUT2D eigenvalue weighted by Gasteiger charge is -2.39. The Balaban J connectivity index is 2.08. The lowest BCUT2D eigenvalue weighted by Crippen LogP contribution is -2.52. The number of aromatic nitrogens is 3. The van der Waals surface area contributed by atoms with Gasteiger partial charge in [-0.1, -0.05) is 0 Å². The second-order valence-electron chi connectivity index (χ2n) is 6.00. The fourth-order valence-electron chi connectivity index (χ4n) is 2.94.